The molecule has 16 heavy (non-hydrogen) atoms. The van der Waals surface area contributed by atoms with Crippen molar-refractivity contribution in [1.29, 1.82) is 0 Å². The molecule has 0 aromatic heterocycles. The van der Waals surface area contributed by atoms with Crippen molar-refractivity contribution in [1.82, 2.24) is 4.90 Å². The quantitative estimate of drug-likeness (QED) is 0.816. The van der Waals surface area contributed by atoms with Crippen molar-refractivity contribution in [3.8, 4) is 0 Å². The van der Waals surface area contributed by atoms with Crippen LogP contribution in [0.4, 0.5) is 8.78 Å². The third-order valence-corrected chi connectivity index (χ3v) is 2.05. The molecule has 6 heteroatoms. The van der Waals surface area contributed by atoms with Crippen LogP contribution in [0.2, 0.25) is 0 Å². The molecule has 0 heterocycles. The second-order valence-corrected chi connectivity index (χ2v) is 3.75. The molecule has 3 nitrogen and oxygen atoms in total. The SMILES string of the molecule is CN(CC(N)=S)C(=O)c1cccc(F)c1F. The molecule has 0 atom stereocenters. The number of hydrogen-bond acceptors (Lipinski definition) is 2. The standard InChI is InChI=1S/C10H10F2N2OS/c1-14(5-8(13)16)10(15)6-3-2-4-7(11)9(6)12/h2-4H,5H2,1H3,(H2,13,16). The largest absolute Gasteiger partial charge is 0.392 e. The minimum atomic E-state index is -1.16. The molecule has 0 saturated heterocycles. The van der Waals surface area contributed by atoms with Crippen LogP contribution >= 0.6 is 12.2 Å². The van der Waals surface area contributed by atoms with Gasteiger partial charge in [-0.2, -0.15) is 0 Å². The van der Waals surface area contributed by atoms with E-state index in [0.717, 1.165) is 11.0 Å². The highest BCUT2D eigenvalue weighted by Gasteiger charge is 2.18. The second kappa shape index (κ2) is 4.98. The number of hydrogen-bond donors (Lipinski definition) is 1. The van der Waals surface area contributed by atoms with Crippen LogP contribution in [-0.4, -0.2) is 29.4 Å². The summed E-state index contributed by atoms with van der Waals surface area (Å²) in [4.78, 5) is 12.9. The Morgan fingerprint density at radius 3 is 2.69 bits per heavy atom. The van der Waals surface area contributed by atoms with Crippen molar-refractivity contribution in [2.24, 2.45) is 5.73 Å². The summed E-state index contributed by atoms with van der Waals surface area (Å²) in [5, 5.41) is 0. The lowest BCUT2D eigenvalue weighted by molar-refractivity contribution is 0.0809. The molecule has 1 aromatic rings. The Morgan fingerprint density at radius 1 is 1.50 bits per heavy atom. The Morgan fingerprint density at radius 2 is 2.12 bits per heavy atom. The number of rotatable bonds is 3. The zero-order valence-corrected chi connectivity index (χ0v) is 9.35. The normalized spacial score (nSPS) is 9.94. The van der Waals surface area contributed by atoms with Crippen molar-refractivity contribution in [2.45, 2.75) is 0 Å². The first-order chi connectivity index (χ1) is 7.43. The molecule has 0 aliphatic heterocycles. The van der Waals surface area contributed by atoms with Gasteiger partial charge in [0.15, 0.2) is 11.6 Å². The van der Waals surface area contributed by atoms with E-state index in [2.05, 4.69) is 12.2 Å². The summed E-state index contributed by atoms with van der Waals surface area (Å²) in [5.74, 6) is -2.89. The Hall–Kier alpha value is -1.56. The van der Waals surface area contributed by atoms with Crippen LogP contribution in [0.3, 0.4) is 0 Å². The van der Waals surface area contributed by atoms with E-state index in [0.29, 0.717) is 0 Å². The molecule has 1 aromatic carbocycles. The van der Waals surface area contributed by atoms with Gasteiger partial charge < -0.3 is 10.6 Å². The lowest BCUT2D eigenvalue weighted by Gasteiger charge is -2.16. The molecule has 0 bridgehead atoms. The van der Waals surface area contributed by atoms with Crippen molar-refractivity contribution >= 4 is 23.1 Å². The number of thiocarbonyl (C=S) groups is 1. The van der Waals surface area contributed by atoms with Gasteiger partial charge in [0.25, 0.3) is 5.91 Å². The summed E-state index contributed by atoms with van der Waals surface area (Å²) in [7, 11) is 1.41. The number of nitrogens with zero attached hydrogens (tertiary/aromatic N) is 1. The third kappa shape index (κ3) is 2.73. The fraction of sp³-hybridized carbons (Fsp3) is 0.200. The summed E-state index contributed by atoms with van der Waals surface area (Å²) in [6.45, 7) is 0.0180. The number of nitrogens with two attached hydrogens (primary N) is 1. The maximum Gasteiger partial charge on any atom is 0.257 e. The summed E-state index contributed by atoms with van der Waals surface area (Å²) < 4.78 is 26.1. The number of halogens is 2. The lowest BCUT2D eigenvalue weighted by Crippen LogP contribution is -2.35. The van der Waals surface area contributed by atoms with Gasteiger partial charge in [0.1, 0.15) is 0 Å². The van der Waals surface area contributed by atoms with Gasteiger partial charge >= 0.3 is 0 Å². The maximum atomic E-state index is 13.3. The summed E-state index contributed by atoms with van der Waals surface area (Å²) >= 11 is 4.62. The molecule has 0 fully saturated rings. The van der Waals surface area contributed by atoms with Crippen LogP contribution in [0.15, 0.2) is 18.2 Å². The first kappa shape index (κ1) is 12.5. The number of carbonyl (C=O) groups is 1. The zero-order valence-electron chi connectivity index (χ0n) is 8.54. The molecule has 0 aliphatic rings. The van der Waals surface area contributed by atoms with E-state index < -0.39 is 17.5 Å². The van der Waals surface area contributed by atoms with E-state index >= 15 is 0 Å². The van der Waals surface area contributed by atoms with Gasteiger partial charge in [-0.15, -0.1) is 0 Å². The Labute approximate surface area is 96.8 Å². The molecule has 0 saturated carbocycles. The van der Waals surface area contributed by atoms with E-state index in [1.165, 1.54) is 19.2 Å². The molecular weight excluding hydrogens is 234 g/mol. The minimum Gasteiger partial charge on any atom is -0.392 e. The first-order valence-corrected chi connectivity index (χ1v) is 4.82. The van der Waals surface area contributed by atoms with Crippen molar-refractivity contribution in [3.05, 3.63) is 35.4 Å². The maximum absolute atomic E-state index is 13.3. The molecular formula is C10H10F2N2OS. The molecule has 1 rings (SSSR count). The average molecular weight is 244 g/mol. The van der Waals surface area contributed by atoms with Gasteiger partial charge in [0.05, 0.1) is 17.1 Å². The summed E-state index contributed by atoms with van der Waals surface area (Å²) in [6, 6.07) is 3.41. The van der Waals surface area contributed by atoms with Crippen LogP contribution in [-0.2, 0) is 0 Å². The highest BCUT2D eigenvalue weighted by Crippen LogP contribution is 2.13. The van der Waals surface area contributed by atoms with Gasteiger partial charge in [-0.05, 0) is 12.1 Å². The van der Waals surface area contributed by atoms with Gasteiger partial charge in [0, 0.05) is 7.05 Å². The average Bonchev–Trinajstić information content (AvgIpc) is 2.20. The first-order valence-electron chi connectivity index (χ1n) is 4.41. The van der Waals surface area contributed by atoms with E-state index in [-0.39, 0.29) is 17.1 Å². The van der Waals surface area contributed by atoms with Crippen LogP contribution in [0.5, 0.6) is 0 Å². The van der Waals surface area contributed by atoms with E-state index in [9.17, 15) is 13.6 Å². The Balaban J connectivity index is 2.96. The van der Waals surface area contributed by atoms with Gasteiger partial charge in [0.2, 0.25) is 0 Å². The Bertz CT molecular complexity index is 437. The fourth-order valence-electron chi connectivity index (χ4n) is 1.18. The predicted molar refractivity (Wildman–Crippen MR) is 60.1 cm³/mol. The molecule has 0 unspecified atom stereocenters. The van der Waals surface area contributed by atoms with Gasteiger partial charge in [-0.1, -0.05) is 18.3 Å². The van der Waals surface area contributed by atoms with Crippen molar-refractivity contribution < 1.29 is 13.6 Å². The molecule has 1 amide bonds. The smallest absolute Gasteiger partial charge is 0.257 e. The third-order valence-electron chi connectivity index (χ3n) is 1.92. The lowest BCUT2D eigenvalue weighted by atomic mass is 10.2. The van der Waals surface area contributed by atoms with Crippen LogP contribution in [0.25, 0.3) is 0 Å². The molecule has 0 spiro atoms. The number of benzene rings is 1. The predicted octanol–water partition coefficient (Wildman–Crippen LogP) is 1.32. The summed E-state index contributed by atoms with van der Waals surface area (Å²) in [5.41, 5.74) is 4.91. The van der Waals surface area contributed by atoms with Gasteiger partial charge in [-0.25, -0.2) is 8.78 Å². The van der Waals surface area contributed by atoms with E-state index in [1.807, 2.05) is 0 Å². The molecule has 0 aliphatic carbocycles. The number of likely N-dealkylation sites (N-methyl/N-ethyl adjacent to an activating group) is 1. The molecule has 0 radical (unpaired) electrons. The summed E-state index contributed by atoms with van der Waals surface area (Å²) in [6.07, 6.45) is 0. The van der Waals surface area contributed by atoms with Crippen molar-refractivity contribution in [2.75, 3.05) is 13.6 Å². The highest BCUT2D eigenvalue weighted by atomic mass is 32.1. The monoisotopic (exact) mass is 244 g/mol. The van der Waals surface area contributed by atoms with Crippen LogP contribution < -0.4 is 5.73 Å². The second-order valence-electron chi connectivity index (χ2n) is 3.23. The number of carbonyl (C=O) groups excluding carboxylic acids is 1. The fourth-order valence-corrected chi connectivity index (χ4v) is 1.37. The van der Waals surface area contributed by atoms with Crippen LogP contribution in [0, 0.1) is 11.6 Å². The van der Waals surface area contributed by atoms with Crippen molar-refractivity contribution in [3.63, 3.8) is 0 Å². The highest BCUT2D eigenvalue weighted by molar-refractivity contribution is 7.80. The van der Waals surface area contributed by atoms with Gasteiger partial charge in [-0.3, -0.25) is 4.79 Å². The number of amides is 1. The molecule has 2 N–H and O–H groups in total. The van der Waals surface area contributed by atoms with E-state index in [1.54, 1.807) is 0 Å². The zero-order chi connectivity index (χ0) is 12.3. The van der Waals surface area contributed by atoms with Crippen LogP contribution in [0.1, 0.15) is 10.4 Å². The topological polar surface area (TPSA) is 46.3 Å². The Kier molecular flexibility index (Phi) is 3.89. The molecule has 86 valence electrons. The van der Waals surface area contributed by atoms with E-state index in [4.69, 9.17) is 5.73 Å². The minimum absolute atomic E-state index is 0.0180.